The predicted octanol–water partition coefficient (Wildman–Crippen LogP) is 2.00. The molecule has 0 aliphatic heterocycles. The summed E-state index contributed by atoms with van der Waals surface area (Å²) >= 11 is 1.06. The second-order valence-corrected chi connectivity index (χ2v) is 6.50. The summed E-state index contributed by atoms with van der Waals surface area (Å²) in [5.41, 5.74) is 1.44. The fourth-order valence-electron chi connectivity index (χ4n) is 2.55. The van der Waals surface area contributed by atoms with Crippen molar-refractivity contribution in [3.63, 3.8) is 0 Å². The number of imidazole rings is 1. The smallest absolute Gasteiger partial charge is 0.307 e. The number of rotatable bonds is 5. The van der Waals surface area contributed by atoms with E-state index < -0.39 is 6.04 Å². The highest BCUT2D eigenvalue weighted by Gasteiger charge is 2.21. The molecule has 130 valence electrons. The van der Waals surface area contributed by atoms with Gasteiger partial charge in [0.05, 0.1) is 0 Å². The van der Waals surface area contributed by atoms with Crippen LogP contribution in [0.15, 0.2) is 46.8 Å². The van der Waals surface area contributed by atoms with E-state index in [0.717, 1.165) is 17.0 Å². The Bertz CT molecular complexity index is 942. The molecule has 0 radical (unpaired) electrons. The molecule has 1 unspecified atom stereocenters. The minimum absolute atomic E-state index is 0.0731. The highest BCUT2D eigenvalue weighted by Crippen LogP contribution is 2.20. The average Bonchev–Trinajstić information content (AvgIpc) is 3.14. The molecule has 0 aliphatic rings. The van der Waals surface area contributed by atoms with Gasteiger partial charge in [0.1, 0.15) is 24.2 Å². The Morgan fingerprint density at radius 1 is 1.36 bits per heavy atom. The third kappa shape index (κ3) is 3.69. The first kappa shape index (κ1) is 17.1. The van der Waals surface area contributed by atoms with Gasteiger partial charge in [0.15, 0.2) is 0 Å². The number of nitrogens with zero attached hydrogens (tertiary/aromatic N) is 3. The van der Waals surface area contributed by atoms with E-state index in [4.69, 9.17) is 0 Å². The summed E-state index contributed by atoms with van der Waals surface area (Å²) in [7, 11) is 1.82. The van der Waals surface area contributed by atoms with Crippen molar-refractivity contribution in [2.75, 3.05) is 0 Å². The van der Waals surface area contributed by atoms with Crippen molar-refractivity contribution in [2.24, 2.45) is 7.05 Å². The minimum atomic E-state index is -0.539. The molecule has 2 heterocycles. The first-order valence-corrected chi connectivity index (χ1v) is 8.50. The molecule has 25 heavy (non-hydrogen) atoms. The van der Waals surface area contributed by atoms with E-state index in [9.17, 15) is 14.0 Å². The van der Waals surface area contributed by atoms with Gasteiger partial charge in [0.25, 0.3) is 0 Å². The number of hydrogen-bond donors (Lipinski definition) is 1. The van der Waals surface area contributed by atoms with E-state index in [1.165, 1.54) is 16.7 Å². The number of aryl methyl sites for hydroxylation is 2. The van der Waals surface area contributed by atoms with Crippen molar-refractivity contribution < 1.29 is 9.18 Å². The van der Waals surface area contributed by atoms with Crippen LogP contribution in [0.3, 0.4) is 0 Å². The number of aromatic nitrogens is 3. The van der Waals surface area contributed by atoms with Gasteiger partial charge < -0.3 is 9.88 Å². The summed E-state index contributed by atoms with van der Waals surface area (Å²) < 4.78 is 16.4. The zero-order valence-corrected chi connectivity index (χ0v) is 14.6. The molecule has 0 bridgehead atoms. The van der Waals surface area contributed by atoms with Gasteiger partial charge in [-0.05, 0) is 24.6 Å². The molecule has 1 aromatic carbocycles. The molecule has 1 atom stereocenters. The average molecular weight is 360 g/mol. The number of carbonyl (C=O) groups excluding carboxylic acids is 1. The van der Waals surface area contributed by atoms with Crippen LogP contribution in [0.4, 0.5) is 4.39 Å². The first-order valence-electron chi connectivity index (χ1n) is 7.62. The number of halogens is 1. The van der Waals surface area contributed by atoms with Crippen molar-refractivity contribution in [1.29, 1.82) is 0 Å². The molecule has 0 spiro atoms. The van der Waals surface area contributed by atoms with Crippen molar-refractivity contribution >= 4 is 17.2 Å². The Balaban J connectivity index is 1.87. The normalized spacial score (nSPS) is 12.1. The number of thiazole rings is 1. The van der Waals surface area contributed by atoms with Gasteiger partial charge in [-0.3, -0.25) is 14.2 Å². The lowest BCUT2D eigenvalue weighted by atomic mass is 10.1. The summed E-state index contributed by atoms with van der Waals surface area (Å²) in [5.74, 6) is -0.0515. The van der Waals surface area contributed by atoms with Gasteiger partial charge in [-0.15, -0.1) is 0 Å². The maximum atomic E-state index is 13.2. The first-order chi connectivity index (χ1) is 12.0. The number of nitrogens with one attached hydrogen (secondary N) is 1. The van der Waals surface area contributed by atoms with E-state index in [0.29, 0.717) is 11.4 Å². The van der Waals surface area contributed by atoms with Gasteiger partial charge in [0.2, 0.25) is 5.91 Å². The Kier molecular flexibility index (Phi) is 4.80. The third-order valence-electron chi connectivity index (χ3n) is 3.90. The Hall–Kier alpha value is -2.74. The molecule has 3 rings (SSSR count). The van der Waals surface area contributed by atoms with E-state index >= 15 is 0 Å². The Morgan fingerprint density at radius 2 is 2.08 bits per heavy atom. The summed E-state index contributed by atoms with van der Waals surface area (Å²) in [6, 6.07) is 5.35. The lowest BCUT2D eigenvalue weighted by Crippen LogP contribution is -2.35. The maximum absolute atomic E-state index is 13.2. The van der Waals surface area contributed by atoms with Crippen LogP contribution in [0.5, 0.6) is 0 Å². The monoisotopic (exact) mass is 360 g/mol. The lowest BCUT2D eigenvalue weighted by molar-refractivity contribution is -0.122. The van der Waals surface area contributed by atoms with Crippen LogP contribution in [0, 0.1) is 12.7 Å². The topological polar surface area (TPSA) is 68.9 Å². The Morgan fingerprint density at radius 3 is 2.64 bits per heavy atom. The van der Waals surface area contributed by atoms with Crippen LogP contribution >= 0.6 is 11.3 Å². The highest BCUT2D eigenvalue weighted by molar-refractivity contribution is 7.07. The van der Waals surface area contributed by atoms with Crippen LogP contribution in [-0.4, -0.2) is 20.0 Å². The number of benzene rings is 1. The zero-order chi connectivity index (χ0) is 18.0. The SMILES string of the molecule is Cc1csc(=O)n1CC(=O)NC(c1ccc(F)cc1)c1nccn1C. The zero-order valence-electron chi connectivity index (χ0n) is 13.8. The second kappa shape index (κ2) is 7.02. The van der Waals surface area contributed by atoms with Crippen molar-refractivity contribution in [1.82, 2.24) is 19.4 Å². The van der Waals surface area contributed by atoms with Gasteiger partial charge in [-0.25, -0.2) is 9.37 Å². The van der Waals surface area contributed by atoms with Crippen LogP contribution in [0.25, 0.3) is 0 Å². The fraction of sp³-hybridized carbons (Fsp3) is 0.235. The molecule has 0 fully saturated rings. The van der Waals surface area contributed by atoms with E-state index in [1.54, 1.807) is 41.4 Å². The number of carbonyl (C=O) groups is 1. The summed E-state index contributed by atoms with van der Waals surface area (Å²) in [6.07, 6.45) is 3.40. The molecular weight excluding hydrogens is 343 g/mol. The molecule has 0 aliphatic carbocycles. The highest BCUT2D eigenvalue weighted by atomic mass is 32.1. The Labute approximate surface area is 147 Å². The van der Waals surface area contributed by atoms with Crippen LogP contribution < -0.4 is 10.2 Å². The fourth-order valence-corrected chi connectivity index (χ4v) is 3.29. The molecule has 1 amide bonds. The van der Waals surface area contributed by atoms with E-state index in [1.807, 2.05) is 7.05 Å². The molecule has 0 saturated carbocycles. The molecule has 6 nitrogen and oxygen atoms in total. The van der Waals surface area contributed by atoms with Gasteiger partial charge in [-0.1, -0.05) is 23.5 Å². The maximum Gasteiger partial charge on any atom is 0.307 e. The van der Waals surface area contributed by atoms with Crippen molar-refractivity contribution in [3.05, 3.63) is 74.6 Å². The molecule has 0 saturated heterocycles. The molecule has 8 heteroatoms. The van der Waals surface area contributed by atoms with Crippen LogP contribution in [0.1, 0.15) is 23.1 Å². The van der Waals surface area contributed by atoms with E-state index in [-0.39, 0.29) is 23.1 Å². The lowest BCUT2D eigenvalue weighted by Gasteiger charge is -2.19. The summed E-state index contributed by atoms with van der Waals surface area (Å²) in [5, 5.41) is 4.60. The summed E-state index contributed by atoms with van der Waals surface area (Å²) in [6.45, 7) is 1.71. The number of amides is 1. The second-order valence-electron chi connectivity index (χ2n) is 5.68. The standard InChI is InChI=1S/C17H17FN4O2S/c1-11-10-25-17(24)22(11)9-14(23)20-15(16-19-7-8-21(16)2)12-3-5-13(18)6-4-12/h3-8,10,15H,9H2,1-2H3,(H,20,23). The van der Waals surface area contributed by atoms with Crippen LogP contribution in [0.2, 0.25) is 0 Å². The van der Waals surface area contributed by atoms with Gasteiger partial charge in [-0.2, -0.15) is 0 Å². The van der Waals surface area contributed by atoms with Crippen LogP contribution in [-0.2, 0) is 18.4 Å². The molecular formula is C17H17FN4O2S. The molecule has 3 aromatic rings. The van der Waals surface area contributed by atoms with Gasteiger partial charge >= 0.3 is 4.87 Å². The van der Waals surface area contributed by atoms with E-state index in [2.05, 4.69) is 10.3 Å². The minimum Gasteiger partial charge on any atom is -0.341 e. The quantitative estimate of drug-likeness (QED) is 0.757. The molecule has 1 N–H and O–H groups in total. The number of hydrogen-bond acceptors (Lipinski definition) is 4. The third-order valence-corrected chi connectivity index (χ3v) is 4.78. The molecule has 2 aromatic heterocycles. The summed E-state index contributed by atoms with van der Waals surface area (Å²) in [4.78, 5) is 28.4. The largest absolute Gasteiger partial charge is 0.341 e. The van der Waals surface area contributed by atoms with Crippen molar-refractivity contribution in [2.45, 2.75) is 19.5 Å². The van der Waals surface area contributed by atoms with Crippen molar-refractivity contribution in [3.8, 4) is 0 Å². The predicted molar refractivity (Wildman–Crippen MR) is 92.9 cm³/mol. The van der Waals surface area contributed by atoms with Gasteiger partial charge in [0, 0.05) is 30.5 Å².